The number of carboxylic acid groups (broad SMARTS) is 1. The first kappa shape index (κ1) is 20.0. The van der Waals surface area contributed by atoms with Crippen LogP contribution in [0.4, 0.5) is 4.79 Å². The molecular formula is C23H30NO2-. The first-order valence-corrected chi connectivity index (χ1v) is 9.75. The van der Waals surface area contributed by atoms with Crippen LogP contribution in [-0.2, 0) is 25.9 Å². The number of carbonyl (C=O) groups is 1. The predicted octanol–water partition coefficient (Wildman–Crippen LogP) is 4.72. The summed E-state index contributed by atoms with van der Waals surface area (Å²) < 4.78 is 0. The van der Waals surface area contributed by atoms with E-state index in [9.17, 15) is 9.90 Å². The molecule has 2 rings (SSSR count). The Morgan fingerprint density at radius 2 is 1.15 bits per heavy atom. The number of hydrogen-bond acceptors (Lipinski definition) is 2. The number of amides is 1. The van der Waals surface area contributed by atoms with Gasteiger partial charge in [-0.3, -0.25) is 0 Å². The lowest BCUT2D eigenvalue weighted by atomic mass is 10.00. The zero-order valence-corrected chi connectivity index (χ0v) is 16.0. The van der Waals surface area contributed by atoms with Gasteiger partial charge in [-0.05, 0) is 47.9 Å². The summed E-state index contributed by atoms with van der Waals surface area (Å²) in [5.41, 5.74) is 4.63. The standard InChI is InChI=1S/C23H31NO2/c1-3-5-11-19-13-7-9-15-21(19)17-24(23(25)26)18-22-16-10-8-14-20(22)12-6-4-2/h7-10,13-16H,3-6,11-12,17-18H2,1-2H3,(H,25,26)/p-1. The van der Waals surface area contributed by atoms with Gasteiger partial charge in [0.15, 0.2) is 0 Å². The molecule has 0 atom stereocenters. The third-order valence-electron chi connectivity index (χ3n) is 4.82. The van der Waals surface area contributed by atoms with E-state index in [0.29, 0.717) is 13.1 Å². The maximum Gasteiger partial charge on any atom is 0.137 e. The summed E-state index contributed by atoms with van der Waals surface area (Å²) >= 11 is 0. The van der Waals surface area contributed by atoms with E-state index in [1.54, 1.807) is 0 Å². The van der Waals surface area contributed by atoms with Gasteiger partial charge in [0.2, 0.25) is 0 Å². The van der Waals surface area contributed by atoms with Crippen molar-refractivity contribution in [1.29, 1.82) is 0 Å². The van der Waals surface area contributed by atoms with Crippen LogP contribution in [0.5, 0.6) is 0 Å². The number of carbonyl (C=O) groups excluding carboxylic acids is 1. The Morgan fingerprint density at radius 1 is 0.769 bits per heavy atom. The highest BCUT2D eigenvalue weighted by Gasteiger charge is 2.12. The third kappa shape index (κ3) is 5.91. The number of nitrogens with zero attached hydrogens (tertiary/aromatic N) is 1. The Labute approximate surface area is 157 Å². The molecule has 0 aromatic heterocycles. The summed E-state index contributed by atoms with van der Waals surface area (Å²) in [6.07, 6.45) is 5.35. The molecule has 0 aliphatic carbocycles. The minimum absolute atomic E-state index is 0.379. The fourth-order valence-electron chi connectivity index (χ4n) is 3.24. The van der Waals surface area contributed by atoms with Gasteiger partial charge in [-0.1, -0.05) is 75.2 Å². The van der Waals surface area contributed by atoms with Gasteiger partial charge in [0.25, 0.3) is 0 Å². The molecule has 140 valence electrons. The van der Waals surface area contributed by atoms with Gasteiger partial charge in [-0.15, -0.1) is 0 Å². The van der Waals surface area contributed by atoms with E-state index < -0.39 is 6.09 Å². The highest BCUT2D eigenvalue weighted by Crippen LogP contribution is 2.19. The summed E-state index contributed by atoms with van der Waals surface area (Å²) in [5.74, 6) is 0. The predicted molar refractivity (Wildman–Crippen MR) is 105 cm³/mol. The third-order valence-corrected chi connectivity index (χ3v) is 4.82. The molecule has 2 aromatic carbocycles. The topological polar surface area (TPSA) is 43.4 Å². The quantitative estimate of drug-likeness (QED) is 0.621. The van der Waals surface area contributed by atoms with Crippen LogP contribution in [-0.4, -0.2) is 11.0 Å². The molecule has 0 fully saturated rings. The zero-order valence-electron chi connectivity index (χ0n) is 16.0. The van der Waals surface area contributed by atoms with E-state index in [4.69, 9.17) is 0 Å². The van der Waals surface area contributed by atoms with Crippen LogP contribution in [0.3, 0.4) is 0 Å². The largest absolute Gasteiger partial charge is 0.530 e. The van der Waals surface area contributed by atoms with Crippen LogP contribution in [0, 0.1) is 0 Å². The number of rotatable bonds is 10. The molecule has 0 saturated heterocycles. The van der Waals surface area contributed by atoms with Crippen molar-refractivity contribution in [2.24, 2.45) is 0 Å². The molecule has 0 aliphatic rings. The van der Waals surface area contributed by atoms with Gasteiger partial charge in [-0.2, -0.15) is 0 Å². The van der Waals surface area contributed by atoms with E-state index >= 15 is 0 Å². The molecule has 2 aromatic rings. The molecule has 0 radical (unpaired) electrons. The fraction of sp³-hybridized carbons (Fsp3) is 0.435. The fourth-order valence-corrected chi connectivity index (χ4v) is 3.24. The van der Waals surface area contributed by atoms with Gasteiger partial charge in [0.05, 0.1) is 0 Å². The lowest BCUT2D eigenvalue weighted by Crippen LogP contribution is -2.40. The highest BCUT2D eigenvalue weighted by molar-refractivity contribution is 5.63. The van der Waals surface area contributed by atoms with Crippen molar-refractivity contribution in [3.8, 4) is 0 Å². The summed E-state index contributed by atoms with van der Waals surface area (Å²) in [4.78, 5) is 13.2. The molecule has 0 heterocycles. The summed E-state index contributed by atoms with van der Waals surface area (Å²) in [6.45, 7) is 5.10. The molecule has 0 bridgehead atoms. The number of unbranched alkanes of at least 4 members (excludes halogenated alkanes) is 2. The molecular weight excluding hydrogens is 322 g/mol. The summed E-state index contributed by atoms with van der Waals surface area (Å²) in [5, 5.41) is 11.8. The SMILES string of the molecule is CCCCc1ccccc1CN(Cc1ccccc1CCCC)C(=O)[O-]. The minimum atomic E-state index is -1.11. The first-order valence-electron chi connectivity index (χ1n) is 9.75. The second-order valence-corrected chi connectivity index (χ2v) is 6.87. The van der Waals surface area contributed by atoms with Gasteiger partial charge >= 0.3 is 0 Å². The van der Waals surface area contributed by atoms with Crippen molar-refractivity contribution >= 4 is 6.09 Å². The van der Waals surface area contributed by atoms with E-state index in [0.717, 1.165) is 49.7 Å². The number of aryl methyl sites for hydroxylation is 2. The lowest BCUT2D eigenvalue weighted by Gasteiger charge is -2.27. The minimum Gasteiger partial charge on any atom is -0.530 e. The molecule has 3 heteroatoms. The van der Waals surface area contributed by atoms with E-state index in [1.807, 2.05) is 36.4 Å². The van der Waals surface area contributed by atoms with Crippen molar-refractivity contribution < 1.29 is 9.90 Å². The second-order valence-electron chi connectivity index (χ2n) is 6.87. The maximum absolute atomic E-state index is 11.8. The molecule has 0 saturated carbocycles. The lowest BCUT2D eigenvalue weighted by molar-refractivity contribution is -0.267. The monoisotopic (exact) mass is 352 g/mol. The van der Waals surface area contributed by atoms with Gasteiger partial charge < -0.3 is 14.8 Å². The molecule has 0 aliphatic heterocycles. The average Bonchev–Trinajstić information content (AvgIpc) is 2.65. The molecule has 0 N–H and O–H groups in total. The molecule has 26 heavy (non-hydrogen) atoms. The van der Waals surface area contributed by atoms with Crippen LogP contribution in [0.15, 0.2) is 48.5 Å². The van der Waals surface area contributed by atoms with Crippen LogP contribution >= 0.6 is 0 Å². The summed E-state index contributed by atoms with van der Waals surface area (Å²) in [6, 6.07) is 16.3. The van der Waals surface area contributed by atoms with Crippen LogP contribution in [0.25, 0.3) is 0 Å². The van der Waals surface area contributed by atoms with E-state index in [2.05, 4.69) is 26.0 Å². The average molecular weight is 352 g/mol. The maximum atomic E-state index is 11.8. The summed E-state index contributed by atoms with van der Waals surface area (Å²) in [7, 11) is 0. The van der Waals surface area contributed by atoms with Crippen molar-refractivity contribution in [2.45, 2.75) is 65.5 Å². The van der Waals surface area contributed by atoms with E-state index in [-0.39, 0.29) is 0 Å². The van der Waals surface area contributed by atoms with Crippen LogP contribution in [0.2, 0.25) is 0 Å². The normalized spacial score (nSPS) is 10.7. The van der Waals surface area contributed by atoms with Gasteiger partial charge in [-0.25, -0.2) is 0 Å². The van der Waals surface area contributed by atoms with Crippen molar-refractivity contribution in [1.82, 2.24) is 4.90 Å². The Morgan fingerprint density at radius 3 is 1.50 bits per heavy atom. The Hall–Kier alpha value is -2.29. The first-order chi connectivity index (χ1) is 12.7. The molecule has 0 unspecified atom stereocenters. The van der Waals surface area contributed by atoms with Crippen LogP contribution < -0.4 is 5.11 Å². The highest BCUT2D eigenvalue weighted by atomic mass is 16.4. The second kappa shape index (κ2) is 10.6. The molecule has 3 nitrogen and oxygen atoms in total. The van der Waals surface area contributed by atoms with Crippen molar-refractivity contribution in [3.05, 3.63) is 70.8 Å². The van der Waals surface area contributed by atoms with Crippen molar-refractivity contribution in [3.63, 3.8) is 0 Å². The molecule has 0 spiro atoms. The zero-order chi connectivity index (χ0) is 18.8. The Kier molecular flexibility index (Phi) is 8.20. The number of hydrogen-bond donors (Lipinski definition) is 0. The van der Waals surface area contributed by atoms with Gasteiger partial charge in [0, 0.05) is 13.1 Å². The Balaban J connectivity index is 2.17. The van der Waals surface area contributed by atoms with E-state index in [1.165, 1.54) is 16.0 Å². The van der Waals surface area contributed by atoms with Crippen molar-refractivity contribution in [2.75, 3.05) is 0 Å². The smallest absolute Gasteiger partial charge is 0.137 e. The number of benzene rings is 2. The van der Waals surface area contributed by atoms with Crippen LogP contribution in [0.1, 0.15) is 61.8 Å². The Bertz CT molecular complexity index is 643. The molecule has 1 amide bonds. The van der Waals surface area contributed by atoms with Gasteiger partial charge in [0.1, 0.15) is 6.09 Å².